The maximum Gasteiger partial charge on any atom is 0.237 e. The largest absolute Gasteiger partial charge is 0.437 e. The molecule has 0 N–H and O–H groups in total. The minimum absolute atomic E-state index is 0.0669. The third-order valence-electron chi connectivity index (χ3n) is 2.04. The summed E-state index contributed by atoms with van der Waals surface area (Å²) < 4.78 is 19.1. The third kappa shape index (κ3) is 2.92. The first-order valence-corrected chi connectivity index (χ1v) is 5.85. The molecule has 17 heavy (non-hydrogen) atoms. The highest BCUT2D eigenvalue weighted by Crippen LogP contribution is 2.30. The van der Waals surface area contributed by atoms with Crippen molar-refractivity contribution in [1.29, 1.82) is 0 Å². The molecule has 0 radical (unpaired) electrons. The normalized spacial score (nSPS) is 10.4. The molecule has 2 aromatic rings. The van der Waals surface area contributed by atoms with Crippen molar-refractivity contribution < 1.29 is 9.13 Å². The van der Waals surface area contributed by atoms with Gasteiger partial charge in [0.15, 0.2) is 0 Å². The first-order valence-electron chi connectivity index (χ1n) is 4.68. The van der Waals surface area contributed by atoms with E-state index in [0.29, 0.717) is 10.2 Å². The van der Waals surface area contributed by atoms with Crippen molar-refractivity contribution in [1.82, 2.24) is 9.97 Å². The molecule has 3 nitrogen and oxygen atoms in total. The Morgan fingerprint density at radius 2 is 2.18 bits per heavy atom. The molecule has 0 amide bonds. The molecule has 1 heterocycles. The van der Waals surface area contributed by atoms with E-state index in [1.807, 2.05) is 6.92 Å². The highest BCUT2D eigenvalue weighted by molar-refractivity contribution is 9.10. The van der Waals surface area contributed by atoms with Gasteiger partial charge in [-0.15, -0.1) is 0 Å². The van der Waals surface area contributed by atoms with Crippen LogP contribution in [-0.2, 0) is 0 Å². The van der Waals surface area contributed by atoms with E-state index >= 15 is 0 Å². The summed E-state index contributed by atoms with van der Waals surface area (Å²) >= 11 is 8.89. The Morgan fingerprint density at radius 3 is 2.94 bits per heavy atom. The van der Waals surface area contributed by atoms with Gasteiger partial charge in [-0.1, -0.05) is 6.07 Å². The van der Waals surface area contributed by atoms with Crippen LogP contribution in [0.5, 0.6) is 11.6 Å². The van der Waals surface area contributed by atoms with Crippen molar-refractivity contribution in [3.8, 4) is 11.6 Å². The van der Waals surface area contributed by atoms with E-state index in [2.05, 4.69) is 25.9 Å². The van der Waals surface area contributed by atoms with Crippen molar-refractivity contribution in [2.45, 2.75) is 6.92 Å². The summed E-state index contributed by atoms with van der Waals surface area (Å²) in [5, 5.41) is 0.0669. The summed E-state index contributed by atoms with van der Waals surface area (Å²) in [7, 11) is 0. The molecule has 0 atom stereocenters. The van der Waals surface area contributed by atoms with E-state index in [-0.39, 0.29) is 17.0 Å². The van der Waals surface area contributed by atoms with Gasteiger partial charge in [-0.25, -0.2) is 9.37 Å². The highest BCUT2D eigenvalue weighted by Gasteiger charge is 2.09. The number of halogens is 3. The predicted molar refractivity (Wildman–Crippen MR) is 66.0 cm³/mol. The minimum Gasteiger partial charge on any atom is -0.437 e. The zero-order valence-electron chi connectivity index (χ0n) is 8.75. The first-order chi connectivity index (χ1) is 8.06. The average molecular weight is 318 g/mol. The molecule has 88 valence electrons. The van der Waals surface area contributed by atoms with Crippen molar-refractivity contribution in [2.24, 2.45) is 0 Å². The van der Waals surface area contributed by atoms with Crippen LogP contribution in [0.3, 0.4) is 0 Å². The summed E-state index contributed by atoms with van der Waals surface area (Å²) in [4.78, 5) is 7.68. The van der Waals surface area contributed by atoms with Crippen molar-refractivity contribution in [2.75, 3.05) is 0 Å². The van der Waals surface area contributed by atoms with Gasteiger partial charge in [-0.2, -0.15) is 4.98 Å². The highest BCUT2D eigenvalue weighted by atomic mass is 79.9. The summed E-state index contributed by atoms with van der Waals surface area (Å²) in [6.07, 6.45) is 1.47. The quantitative estimate of drug-likeness (QED) is 0.781. The molecule has 6 heteroatoms. The zero-order valence-corrected chi connectivity index (χ0v) is 11.1. The lowest BCUT2D eigenvalue weighted by Gasteiger charge is -2.08. The first kappa shape index (κ1) is 12.3. The Morgan fingerprint density at radius 1 is 1.41 bits per heavy atom. The monoisotopic (exact) mass is 316 g/mol. The SMILES string of the molecule is Cc1ccc(F)cc1Oc1nc(Cl)ncc1Br. The smallest absolute Gasteiger partial charge is 0.237 e. The lowest BCUT2D eigenvalue weighted by Crippen LogP contribution is -1.94. The molecule has 0 spiro atoms. The number of benzene rings is 1. The summed E-state index contributed by atoms with van der Waals surface area (Å²) in [6.45, 7) is 1.81. The number of rotatable bonds is 2. The predicted octanol–water partition coefficient (Wildman–Crippen LogP) is 4.13. The number of hydrogen-bond donors (Lipinski definition) is 0. The van der Waals surface area contributed by atoms with Gasteiger partial charge in [0.1, 0.15) is 11.6 Å². The zero-order chi connectivity index (χ0) is 12.4. The molecule has 0 saturated heterocycles. The van der Waals surface area contributed by atoms with Crippen LogP contribution in [0.15, 0.2) is 28.9 Å². The van der Waals surface area contributed by atoms with Crippen molar-refractivity contribution in [3.05, 3.63) is 45.5 Å². The van der Waals surface area contributed by atoms with E-state index in [0.717, 1.165) is 5.56 Å². The van der Waals surface area contributed by atoms with Crippen LogP contribution in [0.25, 0.3) is 0 Å². The average Bonchev–Trinajstić information content (AvgIpc) is 2.28. The number of aromatic nitrogens is 2. The summed E-state index contributed by atoms with van der Waals surface area (Å²) in [5.74, 6) is 0.265. The van der Waals surface area contributed by atoms with E-state index in [1.54, 1.807) is 6.07 Å². The topological polar surface area (TPSA) is 35.0 Å². The van der Waals surface area contributed by atoms with E-state index in [4.69, 9.17) is 16.3 Å². The minimum atomic E-state index is -0.373. The maximum absolute atomic E-state index is 13.1. The molecular formula is C11H7BrClFN2O. The van der Waals surface area contributed by atoms with Gasteiger partial charge in [0.05, 0.1) is 4.47 Å². The van der Waals surface area contributed by atoms with Crippen LogP contribution in [0.1, 0.15) is 5.56 Å². The molecule has 1 aromatic carbocycles. The number of ether oxygens (including phenoxy) is 1. The second kappa shape index (κ2) is 4.98. The van der Waals surface area contributed by atoms with Crippen LogP contribution in [0, 0.1) is 12.7 Å². The Kier molecular flexibility index (Phi) is 3.59. The number of aryl methyl sites for hydroxylation is 1. The van der Waals surface area contributed by atoms with Crippen molar-refractivity contribution in [3.63, 3.8) is 0 Å². The molecule has 0 aliphatic heterocycles. The van der Waals surface area contributed by atoms with Crippen LogP contribution >= 0.6 is 27.5 Å². The Hall–Kier alpha value is -1.20. The van der Waals surface area contributed by atoms with Crippen molar-refractivity contribution >= 4 is 27.5 Å². The molecule has 0 aliphatic carbocycles. The summed E-state index contributed by atoms with van der Waals surface area (Å²) in [6, 6.07) is 4.28. The lowest BCUT2D eigenvalue weighted by molar-refractivity contribution is 0.450. The van der Waals surface area contributed by atoms with Gasteiger partial charge in [-0.3, -0.25) is 0 Å². The molecular weight excluding hydrogens is 310 g/mol. The Bertz CT molecular complexity index is 516. The van der Waals surface area contributed by atoms with Crippen LogP contribution < -0.4 is 4.74 Å². The number of nitrogens with zero attached hydrogens (tertiary/aromatic N) is 2. The third-order valence-corrected chi connectivity index (χ3v) is 2.77. The summed E-state index contributed by atoms with van der Waals surface area (Å²) in [5.41, 5.74) is 0.799. The lowest BCUT2D eigenvalue weighted by atomic mass is 10.2. The van der Waals surface area contributed by atoms with E-state index in [9.17, 15) is 4.39 Å². The van der Waals surface area contributed by atoms with Gasteiger partial charge < -0.3 is 4.74 Å². The fourth-order valence-electron chi connectivity index (χ4n) is 1.19. The molecule has 2 rings (SSSR count). The molecule has 0 aliphatic rings. The molecule has 0 fully saturated rings. The van der Waals surface area contributed by atoms with Gasteiger partial charge in [0.25, 0.3) is 0 Å². The fraction of sp³-hybridized carbons (Fsp3) is 0.0909. The standard InChI is InChI=1S/C11H7BrClFN2O/c1-6-2-3-7(14)4-9(6)17-10-8(12)5-15-11(13)16-10/h2-5H,1H3. The maximum atomic E-state index is 13.1. The molecule has 0 bridgehead atoms. The van der Waals surface area contributed by atoms with Crippen LogP contribution in [0.2, 0.25) is 5.28 Å². The van der Waals surface area contributed by atoms with E-state index in [1.165, 1.54) is 18.3 Å². The molecule has 1 aromatic heterocycles. The Labute approximate surface area is 111 Å². The van der Waals surface area contributed by atoms with Gasteiger partial charge in [0, 0.05) is 12.3 Å². The molecule has 0 unspecified atom stereocenters. The second-order valence-corrected chi connectivity index (χ2v) is 4.50. The molecule has 0 saturated carbocycles. The van der Waals surface area contributed by atoms with Gasteiger partial charge >= 0.3 is 0 Å². The number of hydrogen-bond acceptors (Lipinski definition) is 3. The van der Waals surface area contributed by atoms with Crippen LogP contribution in [0.4, 0.5) is 4.39 Å². The van der Waals surface area contributed by atoms with E-state index < -0.39 is 0 Å². The van der Waals surface area contributed by atoms with Crippen LogP contribution in [-0.4, -0.2) is 9.97 Å². The second-order valence-electron chi connectivity index (χ2n) is 3.30. The van der Waals surface area contributed by atoms with Gasteiger partial charge in [0.2, 0.25) is 11.2 Å². The Balaban J connectivity index is 2.37. The van der Waals surface area contributed by atoms with Gasteiger partial charge in [-0.05, 0) is 46.1 Å². The fourth-order valence-corrected chi connectivity index (χ4v) is 1.59.